The highest BCUT2D eigenvalue weighted by Crippen LogP contribution is 2.35. The van der Waals surface area contributed by atoms with Crippen LogP contribution in [0.15, 0.2) is 0 Å². The molecule has 1 saturated heterocycles. The van der Waals surface area contributed by atoms with Crippen molar-refractivity contribution in [3.8, 4) is 0 Å². The summed E-state index contributed by atoms with van der Waals surface area (Å²) < 4.78 is 0. The summed E-state index contributed by atoms with van der Waals surface area (Å²) in [6, 6.07) is 0.950. The van der Waals surface area contributed by atoms with Crippen molar-refractivity contribution in [3.63, 3.8) is 0 Å². The Kier molecular flexibility index (Phi) is 2.28. The maximum absolute atomic E-state index is 10.9. The fraction of sp³-hybridized carbons (Fsp3) is 0.900. The summed E-state index contributed by atoms with van der Waals surface area (Å²) in [7, 11) is 0. The first kappa shape index (κ1) is 9.00. The Labute approximate surface area is 78.7 Å². The number of hydrogen-bond acceptors (Lipinski definition) is 2. The molecule has 13 heavy (non-hydrogen) atoms. The quantitative estimate of drug-likeness (QED) is 0.702. The van der Waals surface area contributed by atoms with Crippen LogP contribution in [0.4, 0.5) is 0 Å². The molecule has 3 heteroatoms. The molecule has 1 heterocycles. The maximum Gasteiger partial charge on any atom is 0.308 e. The van der Waals surface area contributed by atoms with E-state index in [9.17, 15) is 4.79 Å². The molecule has 74 valence electrons. The smallest absolute Gasteiger partial charge is 0.308 e. The Morgan fingerprint density at radius 2 is 2.15 bits per heavy atom. The van der Waals surface area contributed by atoms with Gasteiger partial charge in [0, 0.05) is 18.6 Å². The molecule has 0 radical (unpaired) electrons. The van der Waals surface area contributed by atoms with Crippen LogP contribution in [0.25, 0.3) is 0 Å². The third-order valence-corrected chi connectivity index (χ3v) is 3.59. The predicted octanol–water partition coefficient (Wildman–Crippen LogP) is 1.33. The van der Waals surface area contributed by atoms with Crippen LogP contribution in [0.1, 0.15) is 32.6 Å². The molecular weight excluding hydrogens is 166 g/mol. The van der Waals surface area contributed by atoms with Gasteiger partial charge < -0.3 is 5.11 Å². The molecule has 0 aromatic heterocycles. The Balaban J connectivity index is 2.01. The zero-order valence-corrected chi connectivity index (χ0v) is 8.07. The summed E-state index contributed by atoms with van der Waals surface area (Å²) in [6.45, 7) is 3.30. The minimum absolute atomic E-state index is 0.0947. The van der Waals surface area contributed by atoms with Gasteiger partial charge >= 0.3 is 5.97 Å². The molecule has 0 aromatic rings. The van der Waals surface area contributed by atoms with E-state index in [1.165, 1.54) is 6.42 Å². The molecule has 1 N–H and O–H groups in total. The van der Waals surface area contributed by atoms with Gasteiger partial charge in [-0.1, -0.05) is 6.42 Å². The van der Waals surface area contributed by atoms with Crippen molar-refractivity contribution < 1.29 is 9.90 Å². The van der Waals surface area contributed by atoms with E-state index in [0.717, 1.165) is 25.8 Å². The molecule has 3 unspecified atom stereocenters. The molecule has 0 amide bonds. The van der Waals surface area contributed by atoms with Crippen molar-refractivity contribution >= 4 is 5.97 Å². The number of carboxylic acid groups (broad SMARTS) is 1. The third kappa shape index (κ3) is 1.46. The van der Waals surface area contributed by atoms with Crippen LogP contribution in [0.3, 0.4) is 0 Å². The van der Waals surface area contributed by atoms with Gasteiger partial charge in [-0.15, -0.1) is 0 Å². The molecule has 2 fully saturated rings. The van der Waals surface area contributed by atoms with Gasteiger partial charge in [-0.25, -0.2) is 0 Å². The molecule has 2 rings (SSSR count). The van der Waals surface area contributed by atoms with E-state index < -0.39 is 5.97 Å². The van der Waals surface area contributed by atoms with E-state index in [1.54, 1.807) is 0 Å². The van der Waals surface area contributed by atoms with E-state index in [-0.39, 0.29) is 5.92 Å². The van der Waals surface area contributed by atoms with Crippen LogP contribution >= 0.6 is 0 Å². The number of nitrogens with zero attached hydrogens (tertiary/aromatic N) is 1. The fourth-order valence-corrected chi connectivity index (χ4v) is 2.65. The van der Waals surface area contributed by atoms with Crippen LogP contribution in [-0.4, -0.2) is 34.6 Å². The zero-order chi connectivity index (χ0) is 9.42. The van der Waals surface area contributed by atoms with E-state index in [4.69, 9.17) is 5.11 Å². The highest BCUT2D eigenvalue weighted by atomic mass is 16.4. The molecule has 0 aromatic carbocycles. The lowest BCUT2D eigenvalue weighted by Gasteiger charge is -2.44. The first-order valence-electron chi connectivity index (χ1n) is 5.18. The average molecular weight is 183 g/mol. The van der Waals surface area contributed by atoms with Crippen molar-refractivity contribution in [2.75, 3.05) is 6.54 Å². The first-order chi connectivity index (χ1) is 6.20. The highest BCUT2D eigenvalue weighted by molar-refractivity contribution is 5.71. The molecule has 3 atom stereocenters. The second-order valence-corrected chi connectivity index (χ2v) is 4.32. The van der Waals surface area contributed by atoms with Gasteiger partial charge in [0.2, 0.25) is 0 Å². The molecule has 1 saturated carbocycles. The van der Waals surface area contributed by atoms with Crippen molar-refractivity contribution in [3.05, 3.63) is 0 Å². The summed E-state index contributed by atoms with van der Waals surface area (Å²) in [5, 5.41) is 9.01. The van der Waals surface area contributed by atoms with E-state index in [2.05, 4.69) is 11.8 Å². The minimum Gasteiger partial charge on any atom is -0.481 e. The number of hydrogen-bond donors (Lipinski definition) is 1. The van der Waals surface area contributed by atoms with Crippen molar-refractivity contribution in [1.82, 2.24) is 4.90 Å². The largest absolute Gasteiger partial charge is 0.481 e. The Bertz CT molecular complexity index is 217. The van der Waals surface area contributed by atoms with Gasteiger partial charge in [0.25, 0.3) is 0 Å². The second kappa shape index (κ2) is 3.29. The topological polar surface area (TPSA) is 40.5 Å². The third-order valence-electron chi connectivity index (χ3n) is 3.59. The van der Waals surface area contributed by atoms with Crippen LogP contribution < -0.4 is 0 Å². The number of rotatable bonds is 2. The normalized spacial score (nSPS) is 40.2. The summed E-state index contributed by atoms with van der Waals surface area (Å²) >= 11 is 0. The molecule has 3 nitrogen and oxygen atoms in total. The van der Waals surface area contributed by atoms with Gasteiger partial charge in [-0.2, -0.15) is 0 Å². The fourth-order valence-electron chi connectivity index (χ4n) is 2.65. The second-order valence-electron chi connectivity index (χ2n) is 4.32. The van der Waals surface area contributed by atoms with E-state index in [1.807, 2.05) is 0 Å². The lowest BCUT2D eigenvalue weighted by molar-refractivity contribution is -0.144. The van der Waals surface area contributed by atoms with Crippen LogP contribution in [0.5, 0.6) is 0 Å². The molecule has 1 aliphatic heterocycles. The zero-order valence-electron chi connectivity index (χ0n) is 8.07. The Morgan fingerprint density at radius 3 is 2.62 bits per heavy atom. The molecular formula is C10H17NO2. The predicted molar refractivity (Wildman–Crippen MR) is 49.5 cm³/mol. The lowest BCUT2D eigenvalue weighted by atomic mass is 9.95. The van der Waals surface area contributed by atoms with Crippen LogP contribution in [0.2, 0.25) is 0 Å². The summed E-state index contributed by atoms with van der Waals surface area (Å²) in [5.74, 6) is -0.690. The van der Waals surface area contributed by atoms with Gasteiger partial charge in [0.05, 0.1) is 5.92 Å². The standard InChI is InChI=1S/C10H17NO2/c1-7-5-6-11(7)9-4-2-3-8(9)10(12)13/h7-9H,2-6H2,1H3,(H,12,13). The summed E-state index contributed by atoms with van der Waals surface area (Å²) in [4.78, 5) is 13.3. The maximum atomic E-state index is 10.9. The van der Waals surface area contributed by atoms with Gasteiger partial charge in [0.1, 0.15) is 0 Å². The van der Waals surface area contributed by atoms with Crippen molar-refractivity contribution in [2.45, 2.75) is 44.7 Å². The summed E-state index contributed by atoms with van der Waals surface area (Å²) in [6.07, 6.45) is 4.29. The lowest BCUT2D eigenvalue weighted by Crippen LogP contribution is -2.53. The number of likely N-dealkylation sites (tertiary alicyclic amines) is 1. The van der Waals surface area contributed by atoms with Crippen LogP contribution in [-0.2, 0) is 4.79 Å². The van der Waals surface area contributed by atoms with E-state index >= 15 is 0 Å². The first-order valence-corrected chi connectivity index (χ1v) is 5.18. The minimum atomic E-state index is -0.596. The summed E-state index contributed by atoms with van der Waals surface area (Å²) in [5.41, 5.74) is 0. The van der Waals surface area contributed by atoms with Crippen LogP contribution in [0, 0.1) is 5.92 Å². The van der Waals surface area contributed by atoms with Gasteiger partial charge in [-0.05, 0) is 26.2 Å². The van der Waals surface area contributed by atoms with Gasteiger partial charge in [0.15, 0.2) is 0 Å². The average Bonchev–Trinajstić information content (AvgIpc) is 2.50. The Morgan fingerprint density at radius 1 is 1.38 bits per heavy atom. The highest BCUT2D eigenvalue weighted by Gasteiger charge is 2.41. The monoisotopic (exact) mass is 183 g/mol. The molecule has 0 spiro atoms. The van der Waals surface area contributed by atoms with E-state index in [0.29, 0.717) is 12.1 Å². The molecule has 0 bridgehead atoms. The number of carboxylic acids is 1. The molecule has 2 aliphatic rings. The SMILES string of the molecule is CC1CCN1C1CCCC1C(=O)O. The number of carbonyl (C=O) groups is 1. The van der Waals surface area contributed by atoms with Crippen molar-refractivity contribution in [2.24, 2.45) is 5.92 Å². The van der Waals surface area contributed by atoms with Gasteiger partial charge in [-0.3, -0.25) is 9.69 Å². The number of aliphatic carboxylic acids is 1. The Hall–Kier alpha value is -0.570. The van der Waals surface area contributed by atoms with Crippen molar-refractivity contribution in [1.29, 1.82) is 0 Å². The molecule has 1 aliphatic carbocycles.